The second-order valence-electron chi connectivity index (χ2n) is 5.84. The minimum atomic E-state index is 0.550. The van der Waals surface area contributed by atoms with Crippen LogP contribution in [0.1, 0.15) is 44.6 Å². The number of anilines is 1. The van der Waals surface area contributed by atoms with Gasteiger partial charge in [0.2, 0.25) is 0 Å². The van der Waals surface area contributed by atoms with E-state index < -0.39 is 0 Å². The molecular formula is C15H22ClN3. The number of halogens is 1. The first-order chi connectivity index (χ1) is 9.24. The third-order valence-corrected chi connectivity index (χ3v) is 4.40. The summed E-state index contributed by atoms with van der Waals surface area (Å²) in [6.07, 6.45) is 8.39. The Labute approximate surface area is 120 Å². The Balaban J connectivity index is 1.70. The van der Waals surface area contributed by atoms with E-state index in [4.69, 9.17) is 11.6 Å². The van der Waals surface area contributed by atoms with Crippen LogP contribution in [0.4, 0.5) is 5.82 Å². The molecule has 1 unspecified atom stereocenters. The van der Waals surface area contributed by atoms with Crippen molar-refractivity contribution in [3.8, 4) is 0 Å². The molecule has 104 valence electrons. The van der Waals surface area contributed by atoms with Gasteiger partial charge in [0.15, 0.2) is 0 Å². The first kappa shape index (κ1) is 13.2. The molecule has 1 atom stereocenters. The zero-order valence-corrected chi connectivity index (χ0v) is 12.3. The quantitative estimate of drug-likeness (QED) is 0.916. The summed E-state index contributed by atoms with van der Waals surface area (Å²) < 4.78 is 0. The minimum absolute atomic E-state index is 0.550. The molecule has 2 heterocycles. The molecule has 0 spiro atoms. The largest absolute Gasteiger partial charge is 0.353 e. The third-order valence-electron chi connectivity index (χ3n) is 4.13. The van der Waals surface area contributed by atoms with Gasteiger partial charge in [0.25, 0.3) is 0 Å². The van der Waals surface area contributed by atoms with Crippen LogP contribution in [-0.4, -0.2) is 23.6 Å². The Kier molecular flexibility index (Phi) is 3.94. The highest BCUT2D eigenvalue weighted by molar-refractivity contribution is 6.33. The first-order valence-corrected chi connectivity index (χ1v) is 7.76. The van der Waals surface area contributed by atoms with Crippen LogP contribution in [0.5, 0.6) is 0 Å². The predicted molar refractivity (Wildman–Crippen MR) is 79.8 cm³/mol. The fourth-order valence-corrected chi connectivity index (χ4v) is 3.04. The lowest BCUT2D eigenvalue weighted by Crippen LogP contribution is -2.38. The van der Waals surface area contributed by atoms with Crippen LogP contribution in [0.3, 0.4) is 0 Å². The molecule has 3 nitrogen and oxygen atoms in total. The maximum atomic E-state index is 6.43. The van der Waals surface area contributed by atoms with Crippen molar-refractivity contribution in [3.63, 3.8) is 0 Å². The highest BCUT2D eigenvalue weighted by Crippen LogP contribution is 2.29. The SMILES string of the molecule is CC1CCCCN1c1ncc(CNC2CC2)cc1Cl. The molecule has 4 heteroatoms. The second kappa shape index (κ2) is 5.68. The number of rotatable bonds is 4. The van der Waals surface area contributed by atoms with Crippen molar-refractivity contribution in [2.75, 3.05) is 11.4 Å². The lowest BCUT2D eigenvalue weighted by Gasteiger charge is -2.35. The molecule has 1 aromatic heterocycles. The molecule has 1 aliphatic carbocycles. The molecule has 0 aromatic carbocycles. The molecule has 0 bridgehead atoms. The van der Waals surface area contributed by atoms with Gasteiger partial charge in [-0.2, -0.15) is 0 Å². The molecule has 19 heavy (non-hydrogen) atoms. The van der Waals surface area contributed by atoms with Crippen molar-refractivity contribution in [2.45, 2.75) is 57.7 Å². The highest BCUT2D eigenvalue weighted by atomic mass is 35.5. The van der Waals surface area contributed by atoms with Crippen LogP contribution in [0.25, 0.3) is 0 Å². The molecule has 3 rings (SSSR count). The van der Waals surface area contributed by atoms with E-state index in [-0.39, 0.29) is 0 Å². The van der Waals surface area contributed by atoms with E-state index in [0.717, 1.165) is 30.0 Å². The Morgan fingerprint density at radius 2 is 2.21 bits per heavy atom. The standard InChI is InChI=1S/C15H22ClN3/c1-11-4-2-3-7-19(11)15-14(16)8-12(10-18-15)9-17-13-5-6-13/h8,10-11,13,17H,2-7,9H2,1H3. The molecule has 0 amide bonds. The average molecular weight is 280 g/mol. The number of nitrogens with zero attached hydrogens (tertiary/aromatic N) is 2. The van der Waals surface area contributed by atoms with E-state index in [9.17, 15) is 0 Å². The van der Waals surface area contributed by atoms with Crippen molar-refractivity contribution < 1.29 is 0 Å². The highest BCUT2D eigenvalue weighted by Gasteiger charge is 2.23. The summed E-state index contributed by atoms with van der Waals surface area (Å²) in [6, 6.07) is 3.34. The Hall–Kier alpha value is -0.800. The number of nitrogens with one attached hydrogen (secondary N) is 1. The van der Waals surface area contributed by atoms with E-state index in [1.165, 1.54) is 37.7 Å². The van der Waals surface area contributed by atoms with Crippen LogP contribution in [-0.2, 0) is 6.54 Å². The van der Waals surface area contributed by atoms with Gasteiger partial charge < -0.3 is 10.2 Å². The number of pyridine rings is 1. The summed E-state index contributed by atoms with van der Waals surface area (Å²) in [5.41, 5.74) is 1.19. The van der Waals surface area contributed by atoms with Gasteiger partial charge in [0.05, 0.1) is 5.02 Å². The fraction of sp³-hybridized carbons (Fsp3) is 0.667. The minimum Gasteiger partial charge on any atom is -0.353 e. The number of hydrogen-bond acceptors (Lipinski definition) is 3. The van der Waals surface area contributed by atoms with Crippen molar-refractivity contribution in [1.82, 2.24) is 10.3 Å². The summed E-state index contributed by atoms with van der Waals surface area (Å²) in [4.78, 5) is 6.96. The maximum Gasteiger partial charge on any atom is 0.147 e. The molecule has 2 fully saturated rings. The Morgan fingerprint density at radius 3 is 2.89 bits per heavy atom. The van der Waals surface area contributed by atoms with Gasteiger partial charge in [-0.05, 0) is 50.7 Å². The van der Waals surface area contributed by atoms with Crippen molar-refractivity contribution in [3.05, 3.63) is 22.8 Å². The molecule has 1 saturated heterocycles. The van der Waals surface area contributed by atoms with E-state index in [0.29, 0.717) is 6.04 Å². The summed E-state index contributed by atoms with van der Waals surface area (Å²) in [5.74, 6) is 0.962. The molecule has 0 radical (unpaired) electrons. The molecule has 1 aliphatic heterocycles. The van der Waals surface area contributed by atoms with Gasteiger partial charge in [0, 0.05) is 31.4 Å². The topological polar surface area (TPSA) is 28.2 Å². The zero-order valence-electron chi connectivity index (χ0n) is 11.5. The smallest absolute Gasteiger partial charge is 0.147 e. The van der Waals surface area contributed by atoms with Gasteiger partial charge in [-0.3, -0.25) is 0 Å². The van der Waals surface area contributed by atoms with E-state index in [1.807, 2.05) is 6.20 Å². The van der Waals surface area contributed by atoms with Crippen LogP contribution in [0, 0.1) is 0 Å². The van der Waals surface area contributed by atoms with Gasteiger partial charge in [-0.1, -0.05) is 11.6 Å². The van der Waals surface area contributed by atoms with Crippen LogP contribution < -0.4 is 10.2 Å². The normalized spacial score (nSPS) is 23.7. The lowest BCUT2D eigenvalue weighted by molar-refractivity contribution is 0.481. The summed E-state index contributed by atoms with van der Waals surface area (Å²) in [7, 11) is 0. The van der Waals surface area contributed by atoms with Gasteiger partial charge in [0.1, 0.15) is 5.82 Å². The lowest BCUT2D eigenvalue weighted by atomic mass is 10.0. The van der Waals surface area contributed by atoms with E-state index >= 15 is 0 Å². The van der Waals surface area contributed by atoms with Crippen LogP contribution >= 0.6 is 11.6 Å². The van der Waals surface area contributed by atoms with E-state index in [2.05, 4.69) is 28.2 Å². The average Bonchev–Trinajstić information content (AvgIpc) is 3.22. The number of aromatic nitrogens is 1. The Bertz CT molecular complexity index is 445. The van der Waals surface area contributed by atoms with E-state index in [1.54, 1.807) is 0 Å². The molecule has 1 aromatic rings. The number of piperidine rings is 1. The van der Waals surface area contributed by atoms with Crippen LogP contribution in [0.15, 0.2) is 12.3 Å². The number of hydrogen-bond donors (Lipinski definition) is 1. The third kappa shape index (κ3) is 3.21. The Morgan fingerprint density at radius 1 is 1.37 bits per heavy atom. The van der Waals surface area contributed by atoms with Gasteiger partial charge in [-0.25, -0.2) is 4.98 Å². The first-order valence-electron chi connectivity index (χ1n) is 7.38. The molecular weight excluding hydrogens is 258 g/mol. The van der Waals surface area contributed by atoms with Crippen molar-refractivity contribution >= 4 is 17.4 Å². The maximum absolute atomic E-state index is 6.43. The molecule has 1 saturated carbocycles. The summed E-state index contributed by atoms with van der Waals surface area (Å²) >= 11 is 6.43. The second-order valence-corrected chi connectivity index (χ2v) is 6.25. The summed E-state index contributed by atoms with van der Waals surface area (Å²) in [5, 5.41) is 4.29. The monoisotopic (exact) mass is 279 g/mol. The molecule has 1 N–H and O–H groups in total. The fourth-order valence-electron chi connectivity index (χ4n) is 2.74. The van der Waals surface area contributed by atoms with Crippen LogP contribution in [0.2, 0.25) is 5.02 Å². The zero-order chi connectivity index (χ0) is 13.2. The van der Waals surface area contributed by atoms with Gasteiger partial charge in [-0.15, -0.1) is 0 Å². The van der Waals surface area contributed by atoms with Crippen molar-refractivity contribution in [1.29, 1.82) is 0 Å². The van der Waals surface area contributed by atoms with Crippen molar-refractivity contribution in [2.24, 2.45) is 0 Å². The molecule has 2 aliphatic rings. The predicted octanol–water partition coefficient (Wildman–Crippen LogP) is 3.37. The summed E-state index contributed by atoms with van der Waals surface area (Å²) in [6.45, 7) is 4.22. The van der Waals surface area contributed by atoms with Gasteiger partial charge >= 0.3 is 0 Å².